The molecule has 4 nitrogen and oxygen atoms in total. The van der Waals surface area contributed by atoms with Gasteiger partial charge in [0.1, 0.15) is 0 Å². The summed E-state index contributed by atoms with van der Waals surface area (Å²) in [5, 5.41) is 2.86. The molecule has 1 N–H and O–H groups in total. The van der Waals surface area contributed by atoms with E-state index in [0.29, 0.717) is 5.69 Å². The van der Waals surface area contributed by atoms with E-state index in [0.717, 1.165) is 11.4 Å². The van der Waals surface area contributed by atoms with Crippen LogP contribution in [0.3, 0.4) is 0 Å². The maximum Gasteiger partial charge on any atom is 0.330 e. The number of anilines is 3. The molecule has 2 amide bonds. The Balaban J connectivity index is 1.94. The van der Waals surface area contributed by atoms with Crippen LogP contribution in [0.5, 0.6) is 0 Å². The second-order valence-corrected chi connectivity index (χ2v) is 4.68. The van der Waals surface area contributed by atoms with Crippen molar-refractivity contribution in [2.24, 2.45) is 0 Å². The summed E-state index contributed by atoms with van der Waals surface area (Å²) in [6, 6.07) is 22.4. The number of urea groups is 1. The first-order valence-corrected chi connectivity index (χ1v) is 6.96. The van der Waals surface area contributed by atoms with Crippen LogP contribution in [0.1, 0.15) is 0 Å². The molecule has 3 rings (SSSR count). The molecular formula is C18H15N3O. The second kappa shape index (κ2) is 6.54. The van der Waals surface area contributed by atoms with E-state index in [1.807, 2.05) is 60.7 Å². The number of benzene rings is 2. The molecule has 4 heteroatoms. The third-order valence-electron chi connectivity index (χ3n) is 3.14. The first-order valence-electron chi connectivity index (χ1n) is 6.96. The van der Waals surface area contributed by atoms with Crippen molar-refractivity contribution in [3.8, 4) is 0 Å². The number of para-hydroxylation sites is 2. The Bertz CT molecular complexity index is 691. The van der Waals surface area contributed by atoms with Crippen molar-refractivity contribution < 1.29 is 4.79 Å². The molecular weight excluding hydrogens is 274 g/mol. The molecule has 0 spiro atoms. The number of hydrogen-bond donors (Lipinski definition) is 1. The maximum atomic E-state index is 12.7. The van der Waals surface area contributed by atoms with Crippen molar-refractivity contribution in [2.45, 2.75) is 0 Å². The van der Waals surface area contributed by atoms with Gasteiger partial charge in [0.15, 0.2) is 0 Å². The lowest BCUT2D eigenvalue weighted by molar-refractivity contribution is 0.259. The van der Waals surface area contributed by atoms with Crippen molar-refractivity contribution in [3.63, 3.8) is 0 Å². The molecule has 1 aromatic heterocycles. The van der Waals surface area contributed by atoms with Gasteiger partial charge in [-0.3, -0.25) is 9.88 Å². The minimum Gasteiger partial charge on any atom is -0.306 e. The fourth-order valence-corrected chi connectivity index (χ4v) is 2.15. The van der Waals surface area contributed by atoms with Crippen LogP contribution in [0.2, 0.25) is 0 Å². The average molecular weight is 289 g/mol. The standard InChI is InChI=1S/C18H15N3O/c22-18(20-15-8-7-13-19-14-15)21(16-9-3-1-4-10-16)17-11-5-2-6-12-17/h1-14H,(H,20,22). The van der Waals surface area contributed by atoms with Gasteiger partial charge in [0.25, 0.3) is 0 Å². The summed E-state index contributed by atoms with van der Waals surface area (Å²) in [7, 11) is 0. The molecule has 0 aliphatic heterocycles. The minimum atomic E-state index is -0.231. The fraction of sp³-hybridized carbons (Fsp3) is 0. The van der Waals surface area contributed by atoms with Crippen molar-refractivity contribution in [1.29, 1.82) is 0 Å². The van der Waals surface area contributed by atoms with E-state index in [1.165, 1.54) is 0 Å². The number of rotatable bonds is 3. The molecule has 0 radical (unpaired) electrons. The smallest absolute Gasteiger partial charge is 0.306 e. The summed E-state index contributed by atoms with van der Waals surface area (Å²) in [5.41, 5.74) is 2.26. The van der Waals surface area contributed by atoms with Gasteiger partial charge in [-0.15, -0.1) is 0 Å². The van der Waals surface area contributed by atoms with Crippen LogP contribution in [-0.2, 0) is 0 Å². The van der Waals surface area contributed by atoms with Crippen LogP contribution >= 0.6 is 0 Å². The lowest BCUT2D eigenvalue weighted by atomic mass is 10.2. The average Bonchev–Trinajstić information content (AvgIpc) is 2.58. The van der Waals surface area contributed by atoms with E-state index >= 15 is 0 Å². The zero-order chi connectivity index (χ0) is 15.2. The number of nitrogens with one attached hydrogen (secondary N) is 1. The Morgan fingerprint density at radius 2 is 1.41 bits per heavy atom. The molecule has 108 valence electrons. The van der Waals surface area contributed by atoms with Gasteiger partial charge in [0, 0.05) is 6.20 Å². The molecule has 0 saturated heterocycles. The lowest BCUT2D eigenvalue weighted by Crippen LogP contribution is -2.30. The summed E-state index contributed by atoms with van der Waals surface area (Å²) in [4.78, 5) is 18.3. The van der Waals surface area contributed by atoms with E-state index < -0.39 is 0 Å². The van der Waals surface area contributed by atoms with Crippen LogP contribution in [0.15, 0.2) is 85.2 Å². The molecule has 0 unspecified atom stereocenters. The fourth-order valence-electron chi connectivity index (χ4n) is 2.15. The van der Waals surface area contributed by atoms with Crippen LogP contribution < -0.4 is 10.2 Å². The topological polar surface area (TPSA) is 45.2 Å². The van der Waals surface area contributed by atoms with E-state index in [2.05, 4.69) is 10.3 Å². The summed E-state index contributed by atoms with van der Waals surface area (Å²) in [6.07, 6.45) is 3.29. The molecule has 0 aliphatic rings. The van der Waals surface area contributed by atoms with E-state index in [-0.39, 0.29) is 6.03 Å². The Labute approximate surface area is 129 Å². The number of amides is 2. The largest absolute Gasteiger partial charge is 0.330 e. The minimum absolute atomic E-state index is 0.231. The van der Waals surface area contributed by atoms with Gasteiger partial charge in [0.2, 0.25) is 0 Å². The Morgan fingerprint density at radius 3 is 1.91 bits per heavy atom. The third kappa shape index (κ3) is 3.12. The lowest BCUT2D eigenvalue weighted by Gasteiger charge is -2.23. The van der Waals surface area contributed by atoms with Gasteiger partial charge in [-0.25, -0.2) is 4.79 Å². The van der Waals surface area contributed by atoms with Gasteiger partial charge >= 0.3 is 6.03 Å². The summed E-state index contributed by atoms with van der Waals surface area (Å²) in [6.45, 7) is 0. The Morgan fingerprint density at radius 1 is 0.818 bits per heavy atom. The van der Waals surface area contributed by atoms with Gasteiger partial charge in [0.05, 0.1) is 23.3 Å². The molecule has 2 aromatic carbocycles. The number of aromatic nitrogens is 1. The third-order valence-corrected chi connectivity index (χ3v) is 3.14. The quantitative estimate of drug-likeness (QED) is 0.774. The van der Waals surface area contributed by atoms with Crippen LogP contribution in [0.25, 0.3) is 0 Å². The van der Waals surface area contributed by atoms with E-state index in [4.69, 9.17) is 0 Å². The molecule has 0 aliphatic carbocycles. The molecule has 22 heavy (non-hydrogen) atoms. The number of pyridine rings is 1. The highest BCUT2D eigenvalue weighted by atomic mass is 16.2. The highest BCUT2D eigenvalue weighted by Crippen LogP contribution is 2.25. The highest BCUT2D eigenvalue weighted by molar-refractivity contribution is 6.06. The molecule has 1 heterocycles. The molecule has 3 aromatic rings. The SMILES string of the molecule is O=C(Nc1cccnc1)N(c1ccccc1)c1ccccc1. The normalized spacial score (nSPS) is 10.0. The zero-order valence-electron chi connectivity index (χ0n) is 11.9. The van der Waals surface area contributed by atoms with Crippen LogP contribution in [0.4, 0.5) is 21.9 Å². The van der Waals surface area contributed by atoms with Gasteiger partial charge < -0.3 is 5.32 Å². The van der Waals surface area contributed by atoms with E-state index in [9.17, 15) is 4.79 Å². The summed E-state index contributed by atoms with van der Waals surface area (Å²) >= 11 is 0. The number of carbonyl (C=O) groups is 1. The predicted molar refractivity (Wildman–Crippen MR) is 88.3 cm³/mol. The van der Waals surface area contributed by atoms with Gasteiger partial charge in [-0.1, -0.05) is 36.4 Å². The van der Waals surface area contributed by atoms with Crippen LogP contribution in [-0.4, -0.2) is 11.0 Å². The van der Waals surface area contributed by atoms with Crippen LogP contribution in [0, 0.1) is 0 Å². The molecule has 0 atom stereocenters. The van der Waals surface area contributed by atoms with Crippen molar-refractivity contribution >= 4 is 23.1 Å². The Kier molecular flexibility index (Phi) is 4.11. The summed E-state index contributed by atoms with van der Waals surface area (Å²) in [5.74, 6) is 0. The van der Waals surface area contributed by atoms with Gasteiger partial charge in [-0.05, 0) is 36.4 Å². The van der Waals surface area contributed by atoms with Crippen molar-refractivity contribution in [3.05, 3.63) is 85.2 Å². The number of carbonyl (C=O) groups excluding carboxylic acids is 1. The van der Waals surface area contributed by atoms with Crippen molar-refractivity contribution in [1.82, 2.24) is 4.98 Å². The first-order chi connectivity index (χ1) is 10.8. The molecule has 0 saturated carbocycles. The number of nitrogens with zero attached hydrogens (tertiary/aromatic N) is 2. The van der Waals surface area contributed by atoms with Crippen molar-refractivity contribution in [2.75, 3.05) is 10.2 Å². The predicted octanol–water partition coefficient (Wildman–Crippen LogP) is 4.45. The van der Waals surface area contributed by atoms with E-state index in [1.54, 1.807) is 29.4 Å². The summed E-state index contributed by atoms with van der Waals surface area (Å²) < 4.78 is 0. The van der Waals surface area contributed by atoms with Gasteiger partial charge in [-0.2, -0.15) is 0 Å². The highest BCUT2D eigenvalue weighted by Gasteiger charge is 2.17. The maximum absolute atomic E-state index is 12.7. The monoisotopic (exact) mass is 289 g/mol. The molecule has 0 bridgehead atoms. The second-order valence-electron chi connectivity index (χ2n) is 4.68. The number of hydrogen-bond acceptors (Lipinski definition) is 2. The zero-order valence-corrected chi connectivity index (χ0v) is 11.9. The Hall–Kier alpha value is -3.14. The molecule has 0 fully saturated rings. The first kappa shape index (κ1) is 13.8.